The fourth-order valence-corrected chi connectivity index (χ4v) is 2.48. The Kier molecular flexibility index (Phi) is 3.51. The first-order chi connectivity index (χ1) is 9.66. The molecule has 1 aromatic heterocycles. The molecule has 2 nitrogen and oxygen atoms in total. The van der Waals surface area contributed by atoms with Gasteiger partial charge in [0.25, 0.3) is 0 Å². The summed E-state index contributed by atoms with van der Waals surface area (Å²) in [4.78, 5) is 4.09. The van der Waals surface area contributed by atoms with Crippen LogP contribution < -0.4 is 0 Å². The molecule has 0 saturated heterocycles. The Morgan fingerprint density at radius 2 is 2.00 bits per heavy atom. The van der Waals surface area contributed by atoms with Gasteiger partial charge < -0.3 is 5.11 Å². The van der Waals surface area contributed by atoms with Crippen LogP contribution in [-0.4, -0.2) is 10.1 Å². The third kappa shape index (κ3) is 2.32. The van der Waals surface area contributed by atoms with E-state index in [2.05, 4.69) is 20.9 Å². The first-order valence-corrected chi connectivity index (χ1v) is 6.92. The highest BCUT2D eigenvalue weighted by atomic mass is 79.9. The molecule has 0 aliphatic carbocycles. The molecule has 20 heavy (non-hydrogen) atoms. The maximum atomic E-state index is 13.6. The van der Waals surface area contributed by atoms with Gasteiger partial charge in [-0.2, -0.15) is 0 Å². The lowest BCUT2D eigenvalue weighted by Crippen LogP contribution is -2.01. The van der Waals surface area contributed by atoms with Crippen LogP contribution in [0.3, 0.4) is 0 Å². The monoisotopic (exact) mass is 331 g/mol. The van der Waals surface area contributed by atoms with E-state index in [-0.39, 0.29) is 5.82 Å². The number of aliphatic hydroxyl groups excluding tert-OH is 1. The minimum Gasteiger partial charge on any atom is -0.384 e. The maximum absolute atomic E-state index is 13.6. The molecular formula is C16H11BrFNO. The van der Waals surface area contributed by atoms with Gasteiger partial charge in [0.2, 0.25) is 0 Å². The van der Waals surface area contributed by atoms with Gasteiger partial charge >= 0.3 is 0 Å². The number of rotatable bonds is 2. The molecular weight excluding hydrogens is 321 g/mol. The van der Waals surface area contributed by atoms with Crippen LogP contribution in [0.5, 0.6) is 0 Å². The average molecular weight is 332 g/mol. The SMILES string of the molecule is OC(c1ccc(Br)c(F)c1)c1cccc2ccncc12. The minimum absolute atomic E-state index is 0.382. The summed E-state index contributed by atoms with van der Waals surface area (Å²) in [5.41, 5.74) is 1.24. The lowest BCUT2D eigenvalue weighted by molar-refractivity contribution is 0.221. The molecule has 1 unspecified atom stereocenters. The van der Waals surface area contributed by atoms with Gasteiger partial charge in [-0.05, 0) is 50.6 Å². The topological polar surface area (TPSA) is 33.1 Å². The summed E-state index contributed by atoms with van der Waals surface area (Å²) < 4.78 is 14.0. The normalized spacial score (nSPS) is 12.6. The van der Waals surface area contributed by atoms with Crippen LogP contribution >= 0.6 is 15.9 Å². The summed E-state index contributed by atoms with van der Waals surface area (Å²) in [7, 11) is 0. The van der Waals surface area contributed by atoms with E-state index in [9.17, 15) is 9.50 Å². The van der Waals surface area contributed by atoms with Crippen molar-refractivity contribution in [1.29, 1.82) is 0 Å². The largest absolute Gasteiger partial charge is 0.384 e. The zero-order valence-electron chi connectivity index (χ0n) is 10.4. The molecule has 0 bridgehead atoms. The summed E-state index contributed by atoms with van der Waals surface area (Å²) in [5, 5.41) is 12.4. The predicted octanol–water partition coefficient (Wildman–Crippen LogP) is 4.22. The lowest BCUT2D eigenvalue weighted by Gasteiger charge is -2.14. The molecule has 1 N–H and O–H groups in total. The second-order valence-corrected chi connectivity index (χ2v) is 5.37. The second kappa shape index (κ2) is 5.31. The van der Waals surface area contributed by atoms with Gasteiger partial charge in [0.15, 0.2) is 0 Å². The van der Waals surface area contributed by atoms with Crippen LogP contribution in [0.2, 0.25) is 0 Å². The van der Waals surface area contributed by atoms with Crippen molar-refractivity contribution in [3.63, 3.8) is 0 Å². The van der Waals surface area contributed by atoms with Crippen LogP contribution in [0, 0.1) is 5.82 Å². The Hall–Kier alpha value is -1.78. The quantitative estimate of drug-likeness (QED) is 0.762. The van der Waals surface area contributed by atoms with Crippen molar-refractivity contribution < 1.29 is 9.50 Å². The van der Waals surface area contributed by atoms with Crippen LogP contribution in [0.4, 0.5) is 4.39 Å². The Morgan fingerprint density at radius 3 is 2.80 bits per heavy atom. The van der Waals surface area contributed by atoms with Crippen molar-refractivity contribution in [2.75, 3.05) is 0 Å². The van der Waals surface area contributed by atoms with E-state index in [4.69, 9.17) is 0 Å². The van der Waals surface area contributed by atoms with Gasteiger partial charge in [-0.15, -0.1) is 0 Å². The summed E-state index contributed by atoms with van der Waals surface area (Å²) in [6, 6.07) is 12.2. The van der Waals surface area contributed by atoms with Crippen LogP contribution in [-0.2, 0) is 0 Å². The predicted molar refractivity (Wildman–Crippen MR) is 79.9 cm³/mol. The Bertz CT molecular complexity index is 770. The van der Waals surface area contributed by atoms with E-state index in [0.29, 0.717) is 10.0 Å². The number of aromatic nitrogens is 1. The molecule has 4 heteroatoms. The van der Waals surface area contributed by atoms with E-state index in [1.165, 1.54) is 6.07 Å². The van der Waals surface area contributed by atoms with Crippen LogP contribution in [0.25, 0.3) is 10.8 Å². The first kappa shape index (κ1) is 13.2. The third-order valence-electron chi connectivity index (χ3n) is 3.27. The van der Waals surface area contributed by atoms with Gasteiger partial charge in [-0.3, -0.25) is 4.98 Å². The molecule has 100 valence electrons. The first-order valence-electron chi connectivity index (χ1n) is 6.12. The number of fused-ring (bicyclic) bond motifs is 1. The fraction of sp³-hybridized carbons (Fsp3) is 0.0625. The summed E-state index contributed by atoms with van der Waals surface area (Å²) in [6.45, 7) is 0. The van der Waals surface area contributed by atoms with E-state index in [0.717, 1.165) is 16.3 Å². The molecule has 0 saturated carbocycles. The average Bonchev–Trinajstić information content (AvgIpc) is 2.49. The molecule has 0 aliphatic heterocycles. The number of aliphatic hydroxyl groups is 1. The maximum Gasteiger partial charge on any atom is 0.137 e. The van der Waals surface area contributed by atoms with Crippen molar-refractivity contribution in [2.45, 2.75) is 6.10 Å². The number of nitrogens with zero attached hydrogens (tertiary/aromatic N) is 1. The molecule has 3 aromatic rings. The number of hydrogen-bond acceptors (Lipinski definition) is 2. The van der Waals surface area contributed by atoms with Crippen molar-refractivity contribution in [3.8, 4) is 0 Å². The van der Waals surface area contributed by atoms with Crippen molar-refractivity contribution in [3.05, 3.63) is 76.3 Å². The van der Waals surface area contributed by atoms with Gasteiger partial charge in [0.05, 0.1) is 4.47 Å². The van der Waals surface area contributed by atoms with Crippen molar-refractivity contribution in [1.82, 2.24) is 4.98 Å². The Morgan fingerprint density at radius 1 is 1.15 bits per heavy atom. The highest BCUT2D eigenvalue weighted by Gasteiger charge is 2.15. The summed E-state index contributed by atoms with van der Waals surface area (Å²) >= 11 is 3.11. The van der Waals surface area contributed by atoms with Crippen LogP contribution in [0.15, 0.2) is 59.3 Å². The summed E-state index contributed by atoms with van der Waals surface area (Å²) in [6.07, 6.45) is 2.53. The van der Waals surface area contributed by atoms with Gasteiger partial charge in [0, 0.05) is 17.8 Å². The van der Waals surface area contributed by atoms with E-state index in [1.54, 1.807) is 24.5 Å². The van der Waals surface area contributed by atoms with Gasteiger partial charge in [-0.1, -0.05) is 24.3 Å². The summed E-state index contributed by atoms with van der Waals surface area (Å²) in [5.74, 6) is -0.389. The lowest BCUT2D eigenvalue weighted by atomic mass is 9.97. The Labute approximate surface area is 124 Å². The molecule has 0 spiro atoms. The number of benzene rings is 2. The van der Waals surface area contributed by atoms with E-state index < -0.39 is 6.10 Å². The second-order valence-electron chi connectivity index (χ2n) is 4.52. The molecule has 0 fully saturated rings. The molecule has 2 aromatic carbocycles. The number of halogens is 2. The highest BCUT2D eigenvalue weighted by molar-refractivity contribution is 9.10. The smallest absolute Gasteiger partial charge is 0.137 e. The number of pyridine rings is 1. The minimum atomic E-state index is -0.884. The third-order valence-corrected chi connectivity index (χ3v) is 3.91. The zero-order valence-corrected chi connectivity index (χ0v) is 12.0. The standard InChI is InChI=1S/C16H11BrFNO/c17-14-5-4-11(8-15(14)18)16(20)12-3-1-2-10-6-7-19-9-13(10)12/h1-9,16,20H. The highest BCUT2D eigenvalue weighted by Crippen LogP contribution is 2.30. The van der Waals surface area contributed by atoms with Gasteiger partial charge in [-0.25, -0.2) is 4.39 Å². The molecule has 1 heterocycles. The number of hydrogen-bond donors (Lipinski definition) is 1. The molecule has 0 amide bonds. The van der Waals surface area contributed by atoms with Crippen LogP contribution in [0.1, 0.15) is 17.2 Å². The zero-order chi connectivity index (χ0) is 14.1. The van der Waals surface area contributed by atoms with E-state index in [1.807, 2.05) is 24.3 Å². The molecule has 0 aliphatic rings. The fourth-order valence-electron chi connectivity index (χ4n) is 2.24. The van der Waals surface area contributed by atoms with Gasteiger partial charge in [0.1, 0.15) is 11.9 Å². The molecule has 0 radical (unpaired) electrons. The Balaban J connectivity index is 2.12. The van der Waals surface area contributed by atoms with E-state index >= 15 is 0 Å². The molecule has 1 atom stereocenters. The van der Waals surface area contributed by atoms with Crippen molar-refractivity contribution >= 4 is 26.7 Å². The van der Waals surface area contributed by atoms with Crippen molar-refractivity contribution in [2.24, 2.45) is 0 Å². The molecule has 3 rings (SSSR count).